The molecule has 0 radical (unpaired) electrons. The van der Waals surface area contributed by atoms with Gasteiger partial charge in [-0.3, -0.25) is 4.79 Å². The van der Waals surface area contributed by atoms with Crippen molar-refractivity contribution in [2.45, 2.75) is 50.7 Å². The quantitative estimate of drug-likeness (QED) is 0.878. The number of hydrogen-bond acceptors (Lipinski definition) is 4. The molecule has 6 nitrogen and oxygen atoms in total. The van der Waals surface area contributed by atoms with Crippen LogP contribution in [0.5, 0.6) is 0 Å². The van der Waals surface area contributed by atoms with Gasteiger partial charge in [-0.15, -0.1) is 5.10 Å². The molecule has 1 aromatic carbocycles. The third-order valence-corrected chi connectivity index (χ3v) is 5.36. The largest absolute Gasteiger partial charge is 0.348 e. The van der Waals surface area contributed by atoms with E-state index in [0.717, 1.165) is 12.8 Å². The molecule has 0 aliphatic carbocycles. The highest BCUT2D eigenvalue weighted by atomic mass is 35.5. The average Bonchev–Trinajstić information content (AvgIpc) is 3.12. The van der Waals surface area contributed by atoms with Gasteiger partial charge in [-0.1, -0.05) is 16.8 Å². The molecule has 2 aliphatic heterocycles. The lowest BCUT2D eigenvalue weighted by atomic mass is 9.99. The van der Waals surface area contributed by atoms with Gasteiger partial charge < -0.3 is 10.6 Å². The minimum Gasteiger partial charge on any atom is -0.348 e. The van der Waals surface area contributed by atoms with Gasteiger partial charge in [0, 0.05) is 18.1 Å². The Hall–Kier alpha value is -1.99. The van der Waals surface area contributed by atoms with E-state index < -0.39 is 5.82 Å². The van der Waals surface area contributed by atoms with Crippen LogP contribution in [0.25, 0.3) is 5.69 Å². The second-order valence-electron chi connectivity index (χ2n) is 6.81. The Morgan fingerprint density at radius 3 is 2.76 bits per heavy atom. The van der Waals surface area contributed by atoms with E-state index in [9.17, 15) is 9.18 Å². The van der Waals surface area contributed by atoms with Crippen molar-refractivity contribution in [2.75, 3.05) is 0 Å². The van der Waals surface area contributed by atoms with Crippen molar-refractivity contribution in [1.29, 1.82) is 0 Å². The van der Waals surface area contributed by atoms with Gasteiger partial charge in [-0.05, 0) is 50.8 Å². The highest BCUT2D eigenvalue weighted by molar-refractivity contribution is 6.30. The molecule has 8 heteroatoms. The third-order valence-electron chi connectivity index (χ3n) is 5.07. The molecule has 2 unspecified atom stereocenters. The molecule has 0 saturated carbocycles. The van der Waals surface area contributed by atoms with Crippen LogP contribution in [0.15, 0.2) is 18.2 Å². The number of hydrogen-bond donors (Lipinski definition) is 2. The summed E-state index contributed by atoms with van der Waals surface area (Å²) in [6.07, 6.45) is 4.25. The zero-order valence-electron chi connectivity index (χ0n) is 13.8. The maximum Gasteiger partial charge on any atom is 0.273 e. The number of benzene rings is 1. The molecule has 2 aromatic rings. The van der Waals surface area contributed by atoms with Gasteiger partial charge in [0.25, 0.3) is 5.91 Å². The molecular weight excluding hydrogens is 345 g/mol. The van der Waals surface area contributed by atoms with Crippen LogP contribution in [-0.2, 0) is 0 Å². The lowest BCUT2D eigenvalue weighted by Crippen LogP contribution is -2.48. The summed E-state index contributed by atoms with van der Waals surface area (Å²) in [6.45, 7) is 1.76. The van der Waals surface area contributed by atoms with Crippen LogP contribution < -0.4 is 10.6 Å². The normalized spacial score (nSPS) is 25.2. The SMILES string of the molecule is Cc1c(C(=O)NC2CC3CCC(C2)N3)nnn1-c1ccc(F)c(Cl)c1. The predicted octanol–water partition coefficient (Wildman–Crippen LogP) is 2.38. The number of amides is 1. The van der Waals surface area contributed by atoms with Crippen molar-refractivity contribution in [1.82, 2.24) is 25.6 Å². The fraction of sp³-hybridized carbons (Fsp3) is 0.471. The van der Waals surface area contributed by atoms with Gasteiger partial charge in [0.1, 0.15) is 5.82 Å². The highest BCUT2D eigenvalue weighted by Crippen LogP contribution is 2.27. The molecule has 2 saturated heterocycles. The number of carbonyl (C=O) groups excluding carboxylic acids is 1. The second kappa shape index (κ2) is 6.38. The van der Waals surface area contributed by atoms with E-state index in [1.165, 1.54) is 29.7 Å². The Labute approximate surface area is 149 Å². The standard InChI is InChI=1S/C17H19ClFN5O/c1-9-16(17(25)21-12-6-10-2-3-11(7-12)20-10)22-23-24(9)13-4-5-15(19)14(18)8-13/h4-5,8,10-12,20H,2-3,6-7H2,1H3,(H,21,25). The van der Waals surface area contributed by atoms with Crippen LogP contribution in [0, 0.1) is 12.7 Å². The topological polar surface area (TPSA) is 71.8 Å². The van der Waals surface area contributed by atoms with Gasteiger partial charge in [0.15, 0.2) is 5.69 Å². The van der Waals surface area contributed by atoms with Crippen molar-refractivity contribution in [2.24, 2.45) is 0 Å². The number of nitrogens with zero attached hydrogens (tertiary/aromatic N) is 3. The molecule has 2 bridgehead atoms. The van der Waals surface area contributed by atoms with E-state index in [2.05, 4.69) is 20.9 Å². The first-order valence-corrected chi connectivity index (χ1v) is 8.83. The van der Waals surface area contributed by atoms with Crippen molar-refractivity contribution < 1.29 is 9.18 Å². The fourth-order valence-corrected chi connectivity index (χ4v) is 4.00. The number of fused-ring (bicyclic) bond motifs is 2. The van der Waals surface area contributed by atoms with E-state index in [1.54, 1.807) is 13.0 Å². The van der Waals surface area contributed by atoms with E-state index in [-0.39, 0.29) is 22.7 Å². The van der Waals surface area contributed by atoms with E-state index in [0.29, 0.717) is 23.5 Å². The van der Waals surface area contributed by atoms with Gasteiger partial charge >= 0.3 is 0 Å². The summed E-state index contributed by atoms with van der Waals surface area (Å²) in [7, 11) is 0. The Kier molecular flexibility index (Phi) is 4.21. The first-order chi connectivity index (χ1) is 12.0. The average molecular weight is 364 g/mol. The van der Waals surface area contributed by atoms with Crippen molar-refractivity contribution >= 4 is 17.5 Å². The Morgan fingerprint density at radius 2 is 2.08 bits per heavy atom. The number of nitrogens with one attached hydrogen (secondary N) is 2. The molecule has 4 rings (SSSR count). The second-order valence-corrected chi connectivity index (χ2v) is 7.22. The molecular formula is C17H19ClFN5O. The lowest BCUT2D eigenvalue weighted by molar-refractivity contribution is 0.0918. The van der Waals surface area contributed by atoms with Gasteiger partial charge in [0.05, 0.1) is 16.4 Å². The van der Waals surface area contributed by atoms with Crippen molar-refractivity contribution in [3.05, 3.63) is 40.4 Å². The number of piperidine rings is 1. The Morgan fingerprint density at radius 1 is 1.36 bits per heavy atom. The number of aromatic nitrogens is 3. The van der Waals surface area contributed by atoms with E-state index in [4.69, 9.17) is 11.6 Å². The van der Waals surface area contributed by atoms with Crippen LogP contribution in [0.1, 0.15) is 41.9 Å². The molecule has 25 heavy (non-hydrogen) atoms. The first kappa shape index (κ1) is 16.5. The zero-order chi connectivity index (χ0) is 17.6. The molecule has 3 heterocycles. The fourth-order valence-electron chi connectivity index (χ4n) is 3.83. The van der Waals surface area contributed by atoms with Crippen molar-refractivity contribution in [3.63, 3.8) is 0 Å². The predicted molar refractivity (Wildman–Crippen MR) is 91.5 cm³/mol. The summed E-state index contributed by atoms with van der Waals surface area (Å²) >= 11 is 5.83. The molecule has 132 valence electrons. The lowest BCUT2D eigenvalue weighted by Gasteiger charge is -2.29. The van der Waals surface area contributed by atoms with Gasteiger partial charge in [-0.25, -0.2) is 9.07 Å². The third kappa shape index (κ3) is 3.14. The highest BCUT2D eigenvalue weighted by Gasteiger charge is 2.34. The number of halogens is 2. The van der Waals surface area contributed by atoms with Gasteiger partial charge in [-0.2, -0.15) is 0 Å². The van der Waals surface area contributed by atoms with Crippen LogP contribution >= 0.6 is 11.6 Å². The summed E-state index contributed by atoms with van der Waals surface area (Å²) in [4.78, 5) is 12.6. The van der Waals surface area contributed by atoms with Gasteiger partial charge in [0.2, 0.25) is 0 Å². The maximum absolute atomic E-state index is 13.3. The minimum absolute atomic E-state index is 0.00332. The van der Waals surface area contributed by atoms with Crippen LogP contribution in [0.4, 0.5) is 4.39 Å². The monoisotopic (exact) mass is 363 g/mol. The minimum atomic E-state index is -0.498. The van der Waals surface area contributed by atoms with E-state index >= 15 is 0 Å². The molecule has 1 aromatic heterocycles. The molecule has 2 atom stereocenters. The molecule has 0 spiro atoms. The molecule has 2 N–H and O–H groups in total. The molecule has 1 amide bonds. The Bertz CT molecular complexity index is 811. The van der Waals surface area contributed by atoms with Crippen LogP contribution in [0.2, 0.25) is 5.02 Å². The number of carbonyl (C=O) groups is 1. The summed E-state index contributed by atoms with van der Waals surface area (Å²) in [5.41, 5.74) is 1.44. The smallest absolute Gasteiger partial charge is 0.273 e. The zero-order valence-corrected chi connectivity index (χ0v) is 14.6. The number of rotatable bonds is 3. The summed E-state index contributed by atoms with van der Waals surface area (Å²) in [5, 5.41) is 14.7. The van der Waals surface area contributed by atoms with E-state index in [1.807, 2.05) is 0 Å². The van der Waals surface area contributed by atoms with Crippen LogP contribution in [0.3, 0.4) is 0 Å². The molecule has 2 aliphatic rings. The summed E-state index contributed by atoms with van der Waals surface area (Å²) in [6, 6.07) is 5.45. The van der Waals surface area contributed by atoms with Crippen LogP contribution in [-0.4, -0.2) is 39.0 Å². The maximum atomic E-state index is 13.3. The first-order valence-electron chi connectivity index (χ1n) is 8.46. The van der Waals surface area contributed by atoms with Crippen molar-refractivity contribution in [3.8, 4) is 5.69 Å². The Balaban J connectivity index is 1.52. The molecule has 2 fully saturated rings. The summed E-state index contributed by atoms with van der Waals surface area (Å²) in [5.74, 6) is -0.718. The summed E-state index contributed by atoms with van der Waals surface area (Å²) < 4.78 is 14.8.